The van der Waals surface area contributed by atoms with E-state index >= 15 is 0 Å². The maximum atomic E-state index is 4.83. The topological polar surface area (TPSA) is 21.3 Å². The molecule has 0 aromatic heterocycles. The normalized spacial score (nSPS) is 19.3. The summed E-state index contributed by atoms with van der Waals surface area (Å²) in [7, 11) is 0. The largest absolute Gasteiger partial charge is 0.490 e. The van der Waals surface area contributed by atoms with E-state index in [9.17, 15) is 0 Å². The average molecular weight is 98.1 g/mol. The maximum Gasteiger partial charge on any atom is 0.153 e. The Hall–Kier alpha value is -0.660. The number of rotatable bonds is 0. The van der Waals surface area contributed by atoms with Crippen LogP contribution in [0.2, 0.25) is 0 Å². The molecule has 0 atom stereocenters. The number of hydrogen-bond acceptors (Lipinski definition) is 2. The number of hydrogen-bond donors (Lipinski definition) is 1. The highest BCUT2D eigenvalue weighted by Gasteiger charge is 1.94. The van der Waals surface area contributed by atoms with E-state index in [-0.39, 0.29) is 0 Å². The fourth-order valence-corrected chi connectivity index (χ4v) is 0.443. The van der Waals surface area contributed by atoms with E-state index in [4.69, 9.17) is 4.74 Å². The Morgan fingerprint density at radius 3 is 3.00 bits per heavy atom. The lowest BCUT2D eigenvalue weighted by Crippen LogP contribution is -2.17. The molecule has 0 unspecified atom stereocenters. The molecule has 0 fully saturated rings. The molecule has 2 heteroatoms. The van der Waals surface area contributed by atoms with Crippen LogP contribution in [0.1, 0.15) is 6.92 Å². The molecule has 0 aliphatic carbocycles. The molecule has 0 spiro atoms. The van der Waals surface area contributed by atoms with Crippen LogP contribution in [0.4, 0.5) is 0 Å². The van der Waals surface area contributed by atoms with Crippen molar-refractivity contribution in [2.24, 2.45) is 0 Å². The zero-order valence-electron chi connectivity index (χ0n) is 4.27. The third-order valence-electron chi connectivity index (χ3n) is 0.805. The van der Waals surface area contributed by atoms with E-state index < -0.39 is 0 Å². The summed E-state index contributed by atoms with van der Waals surface area (Å²) in [5.41, 5.74) is 1.09. The highest BCUT2D eigenvalue weighted by atomic mass is 16.5. The van der Waals surface area contributed by atoms with Gasteiger partial charge in [0.05, 0.1) is 6.54 Å². The number of nitrogens with one attached hydrogen (secondary N) is 1. The second-order valence-electron chi connectivity index (χ2n) is 1.48. The van der Waals surface area contributed by atoms with Crippen molar-refractivity contribution >= 4 is 0 Å². The molecule has 0 aromatic carbocycles. The summed E-state index contributed by atoms with van der Waals surface area (Å²) in [6.45, 7) is 4.50. The molecule has 1 radical (unpaired) electrons. The number of ether oxygens (including phenoxy) is 1. The van der Waals surface area contributed by atoms with E-state index in [0.717, 1.165) is 12.2 Å². The van der Waals surface area contributed by atoms with Gasteiger partial charge in [-0.2, -0.15) is 0 Å². The highest BCUT2D eigenvalue weighted by molar-refractivity contribution is 4.94. The first kappa shape index (κ1) is 4.50. The van der Waals surface area contributed by atoms with Gasteiger partial charge < -0.3 is 10.1 Å². The minimum Gasteiger partial charge on any atom is -0.490 e. The predicted octanol–water partition coefficient (Wildman–Crippen LogP) is 0.629. The van der Waals surface area contributed by atoms with Crippen LogP contribution < -0.4 is 5.32 Å². The summed E-state index contributed by atoms with van der Waals surface area (Å²) in [6.07, 6.45) is 1.68. The van der Waals surface area contributed by atoms with Crippen LogP contribution >= 0.6 is 0 Å². The summed E-state index contributed by atoms with van der Waals surface area (Å²) in [4.78, 5) is 0. The first-order valence-electron chi connectivity index (χ1n) is 2.27. The van der Waals surface area contributed by atoms with Crippen molar-refractivity contribution in [3.8, 4) is 0 Å². The van der Waals surface area contributed by atoms with Gasteiger partial charge in [0.15, 0.2) is 6.61 Å². The second kappa shape index (κ2) is 1.87. The Labute approximate surface area is 43.2 Å². The van der Waals surface area contributed by atoms with E-state index in [0.29, 0.717) is 0 Å². The van der Waals surface area contributed by atoms with Gasteiger partial charge in [-0.1, -0.05) is 0 Å². The first-order valence-corrected chi connectivity index (χ1v) is 2.27. The van der Waals surface area contributed by atoms with E-state index in [2.05, 4.69) is 5.32 Å². The van der Waals surface area contributed by atoms with Crippen LogP contribution in [0.5, 0.6) is 0 Å². The summed E-state index contributed by atoms with van der Waals surface area (Å²) >= 11 is 0. The molecule has 1 rings (SSSR count). The minimum absolute atomic E-state index is 0.822. The van der Waals surface area contributed by atoms with Gasteiger partial charge in [0, 0.05) is 5.70 Å². The molecule has 0 amide bonds. The second-order valence-corrected chi connectivity index (χ2v) is 1.48. The summed E-state index contributed by atoms with van der Waals surface area (Å²) in [5.74, 6) is 0. The molecule has 1 N–H and O–H groups in total. The van der Waals surface area contributed by atoms with Crippen molar-refractivity contribution in [3.05, 3.63) is 18.6 Å². The van der Waals surface area contributed by atoms with Gasteiger partial charge in [-0.15, -0.1) is 0 Å². The maximum absolute atomic E-state index is 4.83. The van der Waals surface area contributed by atoms with Crippen molar-refractivity contribution in [2.75, 3.05) is 6.54 Å². The molecule has 0 saturated heterocycles. The van der Waals surface area contributed by atoms with Crippen LogP contribution in [-0.4, -0.2) is 6.54 Å². The molecule has 1 aliphatic heterocycles. The molecule has 2 nitrogen and oxygen atoms in total. The lowest BCUT2D eigenvalue weighted by Gasteiger charge is -2.10. The molecule has 39 valence electrons. The van der Waals surface area contributed by atoms with Gasteiger partial charge in [-0.25, -0.2) is 0 Å². The Bertz CT molecular complexity index is 88.1. The van der Waals surface area contributed by atoms with Crippen LogP contribution in [0.25, 0.3) is 0 Å². The Balaban J connectivity index is 2.40. The molecule has 0 bridgehead atoms. The van der Waals surface area contributed by atoms with Crippen LogP contribution in [0.3, 0.4) is 0 Å². The Morgan fingerprint density at radius 1 is 1.86 bits per heavy atom. The van der Waals surface area contributed by atoms with Crippen molar-refractivity contribution in [1.82, 2.24) is 5.32 Å². The van der Waals surface area contributed by atoms with Crippen molar-refractivity contribution in [2.45, 2.75) is 6.92 Å². The van der Waals surface area contributed by atoms with E-state index in [1.807, 2.05) is 6.92 Å². The van der Waals surface area contributed by atoms with Crippen molar-refractivity contribution in [1.29, 1.82) is 0 Å². The predicted molar refractivity (Wildman–Crippen MR) is 27.1 cm³/mol. The van der Waals surface area contributed by atoms with Gasteiger partial charge >= 0.3 is 0 Å². The monoisotopic (exact) mass is 98.1 g/mol. The van der Waals surface area contributed by atoms with Crippen molar-refractivity contribution in [3.63, 3.8) is 0 Å². The number of allylic oxidation sites excluding steroid dienone is 1. The molecular weight excluding hydrogens is 90.1 g/mol. The third-order valence-corrected chi connectivity index (χ3v) is 0.805. The molecule has 1 aliphatic rings. The van der Waals surface area contributed by atoms with Gasteiger partial charge in [0.2, 0.25) is 0 Å². The molecule has 1 heterocycles. The van der Waals surface area contributed by atoms with Crippen LogP contribution in [0.15, 0.2) is 12.0 Å². The summed E-state index contributed by atoms with van der Waals surface area (Å²) in [6, 6.07) is 0. The Morgan fingerprint density at radius 2 is 2.71 bits per heavy atom. The molecule has 7 heavy (non-hydrogen) atoms. The average Bonchev–Trinajstić information content (AvgIpc) is 1.69. The highest BCUT2D eigenvalue weighted by Crippen LogP contribution is 1.95. The van der Waals surface area contributed by atoms with E-state index in [1.165, 1.54) is 0 Å². The lowest BCUT2D eigenvalue weighted by molar-refractivity contribution is 0.302. The SMILES string of the molecule is CC1=CO[CH]CN1. The smallest absolute Gasteiger partial charge is 0.153 e. The minimum atomic E-state index is 0.822. The molecule has 0 aromatic rings. The molecule has 0 saturated carbocycles. The molecular formula is C5H8NO. The van der Waals surface area contributed by atoms with Crippen LogP contribution in [-0.2, 0) is 4.74 Å². The fourth-order valence-electron chi connectivity index (χ4n) is 0.443. The standard InChI is InChI=1S/C5H8NO/c1-5-4-7-3-2-6-5/h3-4,6H,2H2,1H3. The van der Waals surface area contributed by atoms with Crippen LogP contribution in [0, 0.1) is 6.61 Å². The Kier molecular flexibility index (Phi) is 1.20. The van der Waals surface area contributed by atoms with Gasteiger partial charge in [0.1, 0.15) is 6.26 Å². The fraction of sp³-hybridized carbons (Fsp3) is 0.400. The quantitative estimate of drug-likeness (QED) is 0.479. The summed E-state index contributed by atoms with van der Waals surface area (Å²) < 4.78 is 4.83. The first-order chi connectivity index (χ1) is 3.39. The van der Waals surface area contributed by atoms with Gasteiger partial charge in [0.25, 0.3) is 0 Å². The third kappa shape index (κ3) is 1.11. The summed E-state index contributed by atoms with van der Waals surface area (Å²) in [5, 5.41) is 3.06. The zero-order valence-corrected chi connectivity index (χ0v) is 4.27. The van der Waals surface area contributed by atoms with Gasteiger partial charge in [-0.3, -0.25) is 0 Å². The van der Waals surface area contributed by atoms with Crippen molar-refractivity contribution < 1.29 is 4.74 Å². The van der Waals surface area contributed by atoms with Gasteiger partial charge in [-0.05, 0) is 6.92 Å². The zero-order chi connectivity index (χ0) is 5.11. The lowest BCUT2D eigenvalue weighted by atomic mass is 10.5. The van der Waals surface area contributed by atoms with E-state index in [1.54, 1.807) is 12.9 Å².